The van der Waals surface area contributed by atoms with Gasteiger partial charge in [0.15, 0.2) is 0 Å². The van der Waals surface area contributed by atoms with E-state index in [-0.39, 0.29) is 113 Å². The minimum Gasteiger partial charge on any atom is -0.507 e. The molecule has 0 bridgehead atoms. The molecule has 112 heavy (non-hydrogen) atoms. The number of para-hydroxylation sites is 4. The second kappa shape index (κ2) is 42.4. The van der Waals surface area contributed by atoms with Gasteiger partial charge in [-0.05, 0) is 135 Å². The molecule has 17 aromatic rings. The molecule has 0 saturated heterocycles. The van der Waals surface area contributed by atoms with Crippen molar-refractivity contribution in [1.29, 1.82) is 0 Å². The van der Waals surface area contributed by atoms with Gasteiger partial charge in [-0.3, -0.25) is 25.0 Å². The number of phenols is 5. The van der Waals surface area contributed by atoms with E-state index in [0.29, 0.717) is 5.56 Å². The smallest absolute Gasteiger partial charge is 0.132 e. The topological polar surface area (TPSA) is 163 Å². The molecular formula is C97H75Co5N5O5. The summed E-state index contributed by atoms with van der Waals surface area (Å²) in [7, 11) is 0. The van der Waals surface area contributed by atoms with Crippen LogP contribution in [0.5, 0.6) is 28.7 Å². The number of aryl methyl sites for hydroxylation is 2. The van der Waals surface area contributed by atoms with Crippen LogP contribution < -0.4 is 0 Å². The van der Waals surface area contributed by atoms with Gasteiger partial charge in [-0.1, -0.05) is 291 Å². The Morgan fingerprint density at radius 2 is 0.473 bits per heavy atom. The van der Waals surface area contributed by atoms with Crippen molar-refractivity contribution in [3.63, 3.8) is 0 Å². The van der Waals surface area contributed by atoms with E-state index in [1.165, 1.54) is 0 Å². The van der Waals surface area contributed by atoms with Gasteiger partial charge in [-0.25, -0.2) is 0 Å². The predicted molar refractivity (Wildman–Crippen MR) is 449 cm³/mol. The molecule has 17 aromatic carbocycles. The summed E-state index contributed by atoms with van der Waals surface area (Å²) in [6.07, 6.45) is 8.59. The van der Waals surface area contributed by atoms with Crippen molar-refractivity contribution >= 4 is 124 Å². The first-order valence-corrected chi connectivity index (χ1v) is 35.0. The average Bonchev–Trinajstić information content (AvgIpc) is 0.507. The molecule has 0 aliphatic heterocycles. The van der Waals surface area contributed by atoms with Crippen LogP contribution in [0.15, 0.2) is 383 Å². The number of fused-ring (bicyclic) bond motifs is 6. The van der Waals surface area contributed by atoms with Gasteiger partial charge in [0, 0.05) is 175 Å². The summed E-state index contributed by atoms with van der Waals surface area (Å²) in [4.78, 5) is 22.8. The Balaban J connectivity index is 0.000000174. The largest absolute Gasteiger partial charge is 0.507 e. The molecule has 0 aromatic heterocycles. The second-order valence-corrected chi connectivity index (χ2v) is 25.2. The summed E-state index contributed by atoms with van der Waals surface area (Å²) in [5.74, 6) is 1.31. The van der Waals surface area contributed by atoms with Gasteiger partial charge in [-0.15, -0.1) is 0 Å². The summed E-state index contributed by atoms with van der Waals surface area (Å²) in [6, 6.07) is 117. The molecule has 0 amide bonds. The van der Waals surface area contributed by atoms with Crippen LogP contribution in [-0.2, 0) is 83.9 Å². The fourth-order valence-corrected chi connectivity index (χ4v) is 12.4. The maximum atomic E-state index is 10.6. The fourth-order valence-electron chi connectivity index (χ4n) is 12.4. The van der Waals surface area contributed by atoms with E-state index in [2.05, 4.69) is 110 Å². The first-order chi connectivity index (χ1) is 52.5. The van der Waals surface area contributed by atoms with Gasteiger partial charge in [0.1, 0.15) is 28.7 Å². The van der Waals surface area contributed by atoms with E-state index < -0.39 is 0 Å². The average molecular weight is 1690 g/mol. The number of rotatable bonds is 11. The van der Waals surface area contributed by atoms with Gasteiger partial charge < -0.3 is 25.5 Å². The molecule has 0 atom stereocenters. The molecule has 0 aliphatic rings. The van der Waals surface area contributed by atoms with E-state index in [1.54, 1.807) is 49.3 Å². The Hall–Kier alpha value is -11.8. The minimum absolute atomic E-state index is 0. The Morgan fingerprint density at radius 1 is 0.205 bits per heavy atom. The summed E-state index contributed by atoms with van der Waals surface area (Å²) < 4.78 is 0. The van der Waals surface area contributed by atoms with Gasteiger partial charge in [0.25, 0.3) is 0 Å². The molecule has 0 unspecified atom stereocenters. The molecule has 15 heteroatoms. The number of aliphatic imine (C=N–C) groups is 5. The van der Waals surface area contributed by atoms with Gasteiger partial charge in [0.05, 0.1) is 28.4 Å². The molecule has 5 N–H and O–H groups in total. The first-order valence-electron chi connectivity index (χ1n) is 35.0. The number of hydrogen-bond acceptors (Lipinski definition) is 10. The van der Waals surface area contributed by atoms with Gasteiger partial charge in [-0.2, -0.15) is 0 Å². The normalized spacial score (nSPS) is 10.8. The molecule has 0 heterocycles. The minimum atomic E-state index is 0. The zero-order valence-electron chi connectivity index (χ0n) is 60.6. The molecule has 17 rings (SSSR count). The number of phenolic OH excluding ortho intramolecular Hbond substituents is 5. The first kappa shape index (κ1) is 85.8. The summed E-state index contributed by atoms with van der Waals surface area (Å²) in [5.41, 5.74) is 11.6. The predicted octanol–water partition coefficient (Wildman–Crippen LogP) is 24.9. The third-order valence-corrected chi connectivity index (χ3v) is 18.1. The van der Waals surface area contributed by atoms with Crippen molar-refractivity contribution in [3.05, 3.63) is 397 Å². The van der Waals surface area contributed by atoms with Crippen LogP contribution >= 0.6 is 0 Å². The van der Waals surface area contributed by atoms with Crippen LogP contribution in [0.4, 0.5) is 28.4 Å². The van der Waals surface area contributed by atoms with Crippen LogP contribution in [-0.4, -0.2) is 56.6 Å². The van der Waals surface area contributed by atoms with Crippen LogP contribution in [0.25, 0.3) is 75.8 Å². The van der Waals surface area contributed by atoms with E-state index in [0.717, 1.165) is 138 Å². The Kier molecular flexibility index (Phi) is 32.5. The Bertz CT molecular complexity index is 6010. The monoisotopic (exact) mass is 1680 g/mol. The number of aromatic hydroxyl groups is 5. The molecule has 0 aliphatic carbocycles. The molecule has 10 nitrogen and oxygen atoms in total. The molecular weight excluding hydrogens is 1610 g/mol. The van der Waals surface area contributed by atoms with Crippen LogP contribution in [0.1, 0.15) is 38.9 Å². The Morgan fingerprint density at radius 3 is 0.848 bits per heavy atom. The van der Waals surface area contributed by atoms with Crippen LogP contribution in [0.2, 0.25) is 0 Å². The Labute approximate surface area is 703 Å². The molecule has 563 valence electrons. The van der Waals surface area contributed by atoms with Crippen molar-refractivity contribution in [2.75, 3.05) is 0 Å². The maximum Gasteiger partial charge on any atom is 0.132 e. The zero-order valence-corrected chi connectivity index (χ0v) is 65.8. The van der Waals surface area contributed by atoms with E-state index >= 15 is 0 Å². The zero-order chi connectivity index (χ0) is 73.7. The van der Waals surface area contributed by atoms with Crippen molar-refractivity contribution in [2.45, 2.75) is 13.8 Å². The quantitative estimate of drug-likeness (QED) is 0.0813. The third kappa shape index (κ3) is 21.6. The number of hydrogen-bond donors (Lipinski definition) is 5. The number of benzene rings is 17. The van der Waals surface area contributed by atoms with Gasteiger partial charge in [0.2, 0.25) is 0 Å². The molecule has 0 fully saturated rings. The molecule has 0 saturated carbocycles. The standard InChI is InChI=1S/C23H17NO.C21H15NO.2C18H15NO.C17H13NO.5Co/c25-23-19(12-6-14-21(23)18-8-2-1-3-9-18)16-24-22-15-7-11-17-10-4-5-13-20(17)22;23-21-13-12-16-7-1-3-9-17(16)19(21)14-22-20-11-5-8-15-6-2-4-10-18(15)20;2*1-13-6-4-9-15(18(13)20)12-19-17-11-5-8-14-7-2-3-10-16(14)17;19-17-11-4-2-7-14(17)12-18-16-10-5-8-13-6-1-3-9-15(13)16;;;;;/h1-16,25H;1-14,23H;2*2-12,20H,1H3;1-12,19H;;;;;. The molecule has 0 spiro atoms. The third-order valence-electron chi connectivity index (χ3n) is 18.1. The van der Waals surface area contributed by atoms with E-state index in [9.17, 15) is 25.5 Å². The summed E-state index contributed by atoms with van der Waals surface area (Å²) >= 11 is 0. The van der Waals surface area contributed by atoms with Crippen molar-refractivity contribution in [1.82, 2.24) is 0 Å². The van der Waals surface area contributed by atoms with Crippen molar-refractivity contribution in [2.24, 2.45) is 25.0 Å². The summed E-state index contributed by atoms with van der Waals surface area (Å²) in [5, 5.41) is 64.0. The van der Waals surface area contributed by atoms with Gasteiger partial charge >= 0.3 is 0 Å². The maximum absolute atomic E-state index is 10.6. The van der Waals surface area contributed by atoms with Crippen molar-refractivity contribution in [3.8, 4) is 39.9 Å². The second-order valence-electron chi connectivity index (χ2n) is 25.2. The number of nitrogens with zero attached hydrogens (tertiary/aromatic N) is 5. The van der Waals surface area contributed by atoms with E-state index in [4.69, 9.17) is 0 Å². The van der Waals surface area contributed by atoms with Crippen LogP contribution in [0.3, 0.4) is 0 Å². The van der Waals surface area contributed by atoms with E-state index in [1.807, 2.05) is 269 Å². The van der Waals surface area contributed by atoms with Crippen LogP contribution in [0, 0.1) is 13.8 Å². The SMILES string of the molecule is Cc1cccc(C=Nc2cccc3ccccc23)c1O.Cc1cccc(C=Nc2cccc3ccccc23)c1O.Oc1c(C=Nc2cccc3ccccc23)cccc1-c1ccccc1.Oc1ccc2ccccc2c1C=Nc1cccc2ccccc12.Oc1ccccc1C=Nc1cccc2ccccc12.[Co].[Co].[Co].[Co].[Co]. The fraction of sp³-hybridized carbons (Fsp3) is 0.0206. The van der Waals surface area contributed by atoms with Crippen molar-refractivity contribution < 1.29 is 109 Å². The summed E-state index contributed by atoms with van der Waals surface area (Å²) in [6.45, 7) is 3.76. The molecule has 5 radical (unpaired) electrons.